The molecule has 8 heteroatoms. The van der Waals surface area contributed by atoms with Crippen LogP contribution in [0.15, 0.2) is 24.5 Å². The molecule has 2 aliphatic heterocycles. The Morgan fingerprint density at radius 3 is 2.04 bits per heavy atom. The van der Waals surface area contributed by atoms with E-state index >= 15 is 0 Å². The number of pyridine rings is 1. The largest absolute Gasteiger partial charge is 0.304 e. The van der Waals surface area contributed by atoms with Crippen LogP contribution in [-0.2, 0) is 16.6 Å². The minimum Gasteiger partial charge on any atom is -0.304 e. The molecule has 24 heavy (non-hydrogen) atoms. The van der Waals surface area contributed by atoms with E-state index in [-0.39, 0.29) is 0 Å². The molecule has 3 heterocycles. The van der Waals surface area contributed by atoms with Gasteiger partial charge < -0.3 is 9.80 Å². The molecule has 0 radical (unpaired) electrons. The van der Waals surface area contributed by atoms with Crippen molar-refractivity contribution >= 4 is 10.2 Å². The second-order valence-corrected chi connectivity index (χ2v) is 8.48. The Hall–Kier alpha value is -1.06. The van der Waals surface area contributed by atoms with Crippen LogP contribution in [0.1, 0.15) is 5.56 Å². The van der Waals surface area contributed by atoms with Gasteiger partial charge in [-0.2, -0.15) is 17.0 Å². The van der Waals surface area contributed by atoms with E-state index in [1.54, 1.807) is 8.61 Å². The quantitative estimate of drug-likeness (QED) is 0.730. The molecule has 0 aromatic carbocycles. The normalized spacial score (nSPS) is 22.7. The second kappa shape index (κ2) is 7.88. The maximum absolute atomic E-state index is 12.7. The fraction of sp³-hybridized carbons (Fsp3) is 0.688. The molecule has 0 spiro atoms. The van der Waals surface area contributed by atoms with Crippen LogP contribution >= 0.6 is 0 Å². The van der Waals surface area contributed by atoms with Crippen molar-refractivity contribution in [3.05, 3.63) is 30.1 Å². The van der Waals surface area contributed by atoms with Crippen LogP contribution < -0.4 is 0 Å². The minimum absolute atomic E-state index is 0.588. The lowest BCUT2D eigenvalue weighted by atomic mass is 10.2. The van der Waals surface area contributed by atoms with Crippen LogP contribution in [0.5, 0.6) is 0 Å². The number of aromatic nitrogens is 1. The number of likely N-dealkylation sites (N-methyl/N-ethyl adjacent to an activating group) is 1. The zero-order chi connectivity index (χ0) is 17.0. The van der Waals surface area contributed by atoms with E-state index in [1.807, 2.05) is 31.6 Å². The number of nitrogens with zero attached hydrogens (tertiary/aromatic N) is 5. The van der Waals surface area contributed by atoms with Crippen molar-refractivity contribution in [2.24, 2.45) is 0 Å². The fourth-order valence-electron chi connectivity index (χ4n) is 3.20. The highest BCUT2D eigenvalue weighted by molar-refractivity contribution is 7.86. The molecule has 0 N–H and O–H groups in total. The second-order valence-electron chi connectivity index (χ2n) is 6.56. The highest BCUT2D eigenvalue weighted by Crippen LogP contribution is 2.14. The Bertz CT molecular complexity index is 609. The molecule has 1 aromatic rings. The Balaban J connectivity index is 1.47. The first-order valence-electron chi connectivity index (χ1n) is 8.61. The molecule has 3 rings (SSSR count). The maximum atomic E-state index is 12.7. The maximum Gasteiger partial charge on any atom is 0.282 e. The van der Waals surface area contributed by atoms with Gasteiger partial charge in [-0.05, 0) is 31.2 Å². The molecule has 2 aliphatic rings. The van der Waals surface area contributed by atoms with E-state index in [0.29, 0.717) is 26.2 Å². The highest BCUT2D eigenvalue weighted by Gasteiger charge is 2.33. The average Bonchev–Trinajstić information content (AvgIpc) is 2.61. The summed E-state index contributed by atoms with van der Waals surface area (Å²) in [7, 11) is -1.26. The summed E-state index contributed by atoms with van der Waals surface area (Å²) in [5, 5.41) is 0. The van der Waals surface area contributed by atoms with Crippen molar-refractivity contribution in [1.82, 2.24) is 23.4 Å². The number of rotatable bonds is 5. The Kier molecular flexibility index (Phi) is 5.83. The van der Waals surface area contributed by atoms with E-state index in [2.05, 4.69) is 14.8 Å². The van der Waals surface area contributed by atoms with Gasteiger partial charge in [0.1, 0.15) is 0 Å². The molecule has 0 amide bonds. The number of piperazine rings is 2. The molecule has 0 aliphatic carbocycles. The summed E-state index contributed by atoms with van der Waals surface area (Å²) in [6.07, 6.45) is 4.61. The molecular weight excluding hydrogens is 326 g/mol. The van der Waals surface area contributed by atoms with Crippen molar-refractivity contribution in [2.75, 3.05) is 66.0 Å². The van der Waals surface area contributed by atoms with Crippen LogP contribution in [0.3, 0.4) is 0 Å². The summed E-state index contributed by atoms with van der Waals surface area (Å²) in [6.45, 7) is 6.57. The summed E-state index contributed by atoms with van der Waals surface area (Å²) in [4.78, 5) is 8.54. The van der Waals surface area contributed by atoms with Crippen molar-refractivity contribution in [1.29, 1.82) is 0 Å². The number of hydrogen-bond acceptors (Lipinski definition) is 5. The zero-order valence-electron chi connectivity index (χ0n) is 14.3. The van der Waals surface area contributed by atoms with Gasteiger partial charge in [0.15, 0.2) is 0 Å². The predicted molar refractivity (Wildman–Crippen MR) is 93.9 cm³/mol. The van der Waals surface area contributed by atoms with Gasteiger partial charge in [-0.1, -0.05) is 0 Å². The Morgan fingerprint density at radius 1 is 0.917 bits per heavy atom. The van der Waals surface area contributed by atoms with Gasteiger partial charge in [0.2, 0.25) is 0 Å². The van der Waals surface area contributed by atoms with E-state index in [0.717, 1.165) is 39.1 Å². The molecule has 1 aromatic heterocycles. The summed E-state index contributed by atoms with van der Waals surface area (Å²) >= 11 is 0. The first-order valence-corrected chi connectivity index (χ1v) is 10.0. The monoisotopic (exact) mass is 353 g/mol. The van der Waals surface area contributed by atoms with Crippen LogP contribution in [-0.4, -0.2) is 97.8 Å². The van der Waals surface area contributed by atoms with E-state index < -0.39 is 10.2 Å². The first kappa shape index (κ1) is 17.8. The SMILES string of the molecule is CN1CCN(S(=O)(=O)N2CCN(CCc3ccncc3)CC2)CC1. The van der Waals surface area contributed by atoms with Gasteiger partial charge in [0.25, 0.3) is 10.2 Å². The highest BCUT2D eigenvalue weighted by atomic mass is 32.2. The summed E-state index contributed by atoms with van der Waals surface area (Å²) in [5.41, 5.74) is 1.28. The lowest BCUT2D eigenvalue weighted by molar-refractivity contribution is 0.171. The standard InChI is InChI=1S/C16H27N5O2S/c1-18-8-12-20(13-9-18)24(22,23)21-14-10-19(11-15-21)7-4-16-2-5-17-6-3-16/h2-3,5-6H,4,7-15H2,1H3. The Labute approximate surface area is 145 Å². The Morgan fingerprint density at radius 2 is 1.46 bits per heavy atom. The molecule has 0 unspecified atom stereocenters. The van der Waals surface area contributed by atoms with Crippen molar-refractivity contribution in [3.63, 3.8) is 0 Å². The topological polar surface area (TPSA) is 60.0 Å². The van der Waals surface area contributed by atoms with Crippen LogP contribution in [0, 0.1) is 0 Å². The molecular formula is C16H27N5O2S. The van der Waals surface area contributed by atoms with Crippen molar-refractivity contribution in [3.8, 4) is 0 Å². The average molecular weight is 353 g/mol. The first-order chi connectivity index (χ1) is 11.6. The third kappa shape index (κ3) is 4.31. The van der Waals surface area contributed by atoms with Gasteiger partial charge in [-0.3, -0.25) is 4.98 Å². The van der Waals surface area contributed by atoms with Gasteiger partial charge in [-0.25, -0.2) is 0 Å². The van der Waals surface area contributed by atoms with Gasteiger partial charge >= 0.3 is 0 Å². The summed E-state index contributed by atoms with van der Waals surface area (Å²) in [5.74, 6) is 0. The van der Waals surface area contributed by atoms with E-state index in [1.165, 1.54) is 5.56 Å². The molecule has 0 bridgehead atoms. The van der Waals surface area contributed by atoms with Crippen LogP contribution in [0.2, 0.25) is 0 Å². The van der Waals surface area contributed by atoms with Gasteiger partial charge in [0.05, 0.1) is 0 Å². The molecule has 0 atom stereocenters. The van der Waals surface area contributed by atoms with E-state index in [4.69, 9.17) is 0 Å². The van der Waals surface area contributed by atoms with E-state index in [9.17, 15) is 8.42 Å². The van der Waals surface area contributed by atoms with Crippen LogP contribution in [0.4, 0.5) is 0 Å². The molecule has 2 fully saturated rings. The summed E-state index contributed by atoms with van der Waals surface area (Å²) < 4.78 is 28.8. The van der Waals surface area contributed by atoms with Crippen LogP contribution in [0.25, 0.3) is 0 Å². The van der Waals surface area contributed by atoms with Gasteiger partial charge in [-0.15, -0.1) is 0 Å². The van der Waals surface area contributed by atoms with Crippen molar-refractivity contribution < 1.29 is 8.42 Å². The third-order valence-electron chi connectivity index (χ3n) is 4.91. The summed E-state index contributed by atoms with van der Waals surface area (Å²) in [6, 6.07) is 4.07. The third-order valence-corrected chi connectivity index (χ3v) is 6.95. The lowest BCUT2D eigenvalue weighted by Gasteiger charge is -2.39. The smallest absolute Gasteiger partial charge is 0.282 e. The fourth-order valence-corrected chi connectivity index (χ4v) is 4.78. The molecule has 7 nitrogen and oxygen atoms in total. The zero-order valence-corrected chi connectivity index (χ0v) is 15.2. The number of hydrogen-bond donors (Lipinski definition) is 0. The molecule has 2 saturated heterocycles. The lowest BCUT2D eigenvalue weighted by Crippen LogP contribution is -2.56. The molecule has 0 saturated carbocycles. The minimum atomic E-state index is -3.29. The predicted octanol–water partition coefficient (Wildman–Crippen LogP) is -0.266. The van der Waals surface area contributed by atoms with Gasteiger partial charge in [0, 0.05) is 71.3 Å². The molecule has 134 valence electrons. The van der Waals surface area contributed by atoms with Crippen molar-refractivity contribution in [2.45, 2.75) is 6.42 Å².